The third-order valence-electron chi connectivity index (χ3n) is 3.82. The van der Waals surface area contributed by atoms with E-state index >= 15 is 0 Å². The Hall–Kier alpha value is -0.770. The molecule has 0 aromatic heterocycles. The van der Waals surface area contributed by atoms with Crippen molar-refractivity contribution in [2.45, 2.75) is 64.8 Å². The first-order chi connectivity index (χ1) is 8.06. The first-order valence-electron chi connectivity index (χ1n) is 6.77. The Bertz CT molecular complexity index is 245. The minimum absolute atomic E-state index is 0.192. The van der Waals surface area contributed by atoms with Gasteiger partial charge < -0.3 is 16.3 Å². The van der Waals surface area contributed by atoms with Crippen molar-refractivity contribution in [1.82, 2.24) is 5.32 Å². The highest BCUT2D eigenvalue weighted by Crippen LogP contribution is 2.23. The van der Waals surface area contributed by atoms with Gasteiger partial charge >= 0.3 is 0 Å². The third kappa shape index (κ3) is 4.94. The van der Waals surface area contributed by atoms with E-state index in [4.69, 9.17) is 10.9 Å². The number of rotatable bonds is 7. The largest absolute Gasteiger partial charge is 0.409 e. The molecule has 0 unspecified atom stereocenters. The Kier molecular flexibility index (Phi) is 5.75. The van der Waals surface area contributed by atoms with Crippen molar-refractivity contribution in [1.29, 1.82) is 0 Å². The maximum atomic E-state index is 8.67. The summed E-state index contributed by atoms with van der Waals surface area (Å²) in [5.41, 5.74) is 5.46. The molecule has 0 aromatic carbocycles. The van der Waals surface area contributed by atoms with E-state index < -0.39 is 0 Å². The van der Waals surface area contributed by atoms with Crippen LogP contribution in [0.15, 0.2) is 5.16 Å². The summed E-state index contributed by atoms with van der Waals surface area (Å²) >= 11 is 0. The Labute approximate surface area is 105 Å². The molecule has 1 fully saturated rings. The van der Waals surface area contributed by atoms with E-state index in [1.807, 2.05) is 13.8 Å². The number of oxime groups is 1. The molecule has 4 heteroatoms. The highest BCUT2D eigenvalue weighted by molar-refractivity contribution is 5.85. The Morgan fingerprint density at radius 3 is 2.59 bits per heavy atom. The van der Waals surface area contributed by atoms with Crippen LogP contribution < -0.4 is 11.1 Å². The van der Waals surface area contributed by atoms with Crippen LogP contribution in [0.2, 0.25) is 0 Å². The molecule has 1 aliphatic rings. The minimum Gasteiger partial charge on any atom is -0.409 e. The van der Waals surface area contributed by atoms with E-state index in [9.17, 15) is 0 Å². The zero-order valence-corrected chi connectivity index (χ0v) is 11.2. The molecular formula is C13H27N3O. The lowest BCUT2D eigenvalue weighted by atomic mass is 9.86. The summed E-state index contributed by atoms with van der Waals surface area (Å²) < 4.78 is 0. The molecule has 0 atom stereocenters. The zero-order chi connectivity index (χ0) is 12.7. The van der Waals surface area contributed by atoms with Crippen molar-refractivity contribution < 1.29 is 5.21 Å². The second kappa shape index (κ2) is 6.84. The van der Waals surface area contributed by atoms with Gasteiger partial charge in [0.2, 0.25) is 0 Å². The number of amidine groups is 1. The first-order valence-corrected chi connectivity index (χ1v) is 6.77. The standard InChI is InChI=1S/C13H27N3O/c1-13(2,12(14)16-17)9-5-6-10-15-11-7-3-4-8-11/h11,15,17H,3-10H2,1-2H3,(H2,14,16). The van der Waals surface area contributed by atoms with Gasteiger partial charge in [-0.3, -0.25) is 0 Å². The summed E-state index contributed by atoms with van der Waals surface area (Å²) in [6.45, 7) is 5.13. The zero-order valence-electron chi connectivity index (χ0n) is 11.2. The number of hydrogen-bond acceptors (Lipinski definition) is 3. The number of nitrogens with zero attached hydrogens (tertiary/aromatic N) is 1. The third-order valence-corrected chi connectivity index (χ3v) is 3.82. The van der Waals surface area contributed by atoms with Crippen LogP contribution in [0.3, 0.4) is 0 Å². The fraction of sp³-hybridized carbons (Fsp3) is 0.923. The van der Waals surface area contributed by atoms with E-state index in [0.29, 0.717) is 5.84 Å². The molecule has 0 bridgehead atoms. The molecule has 100 valence electrons. The molecule has 1 rings (SSSR count). The number of nitrogens with two attached hydrogens (primary N) is 1. The van der Waals surface area contributed by atoms with Crippen molar-refractivity contribution in [2.75, 3.05) is 6.54 Å². The van der Waals surface area contributed by atoms with Crippen LogP contribution in [0, 0.1) is 5.41 Å². The lowest BCUT2D eigenvalue weighted by Crippen LogP contribution is -2.32. The Morgan fingerprint density at radius 2 is 2.00 bits per heavy atom. The Morgan fingerprint density at radius 1 is 1.35 bits per heavy atom. The van der Waals surface area contributed by atoms with Gasteiger partial charge in [0.1, 0.15) is 5.84 Å². The molecule has 4 nitrogen and oxygen atoms in total. The first kappa shape index (κ1) is 14.3. The molecule has 1 aliphatic carbocycles. The van der Waals surface area contributed by atoms with Gasteiger partial charge in [-0.25, -0.2) is 0 Å². The maximum Gasteiger partial charge on any atom is 0.144 e. The molecular weight excluding hydrogens is 214 g/mol. The van der Waals surface area contributed by atoms with Crippen LogP contribution in [0.1, 0.15) is 58.8 Å². The molecule has 0 spiro atoms. The molecule has 1 saturated carbocycles. The molecule has 0 saturated heterocycles. The van der Waals surface area contributed by atoms with Crippen LogP contribution in [-0.2, 0) is 0 Å². The average Bonchev–Trinajstić information content (AvgIpc) is 2.80. The van der Waals surface area contributed by atoms with Gasteiger partial charge in [0, 0.05) is 11.5 Å². The monoisotopic (exact) mass is 241 g/mol. The second-order valence-corrected chi connectivity index (χ2v) is 5.76. The highest BCUT2D eigenvalue weighted by Gasteiger charge is 2.22. The van der Waals surface area contributed by atoms with Gasteiger partial charge in [-0.05, 0) is 32.2 Å². The SMILES string of the molecule is CC(C)(CCCCNC1CCCC1)C(N)=NO. The molecule has 0 heterocycles. The maximum absolute atomic E-state index is 8.67. The predicted molar refractivity (Wildman–Crippen MR) is 71.3 cm³/mol. The van der Waals surface area contributed by atoms with E-state index in [-0.39, 0.29) is 5.41 Å². The molecule has 0 radical (unpaired) electrons. The quantitative estimate of drug-likeness (QED) is 0.211. The number of unbranched alkanes of at least 4 members (excludes halogenated alkanes) is 1. The summed E-state index contributed by atoms with van der Waals surface area (Å²) in [5, 5.41) is 15.4. The second-order valence-electron chi connectivity index (χ2n) is 5.76. The molecule has 0 aromatic rings. The van der Waals surface area contributed by atoms with Gasteiger partial charge in [0.05, 0.1) is 0 Å². The van der Waals surface area contributed by atoms with Crippen molar-refractivity contribution in [3.8, 4) is 0 Å². The number of nitrogens with one attached hydrogen (secondary N) is 1. The van der Waals surface area contributed by atoms with E-state index in [1.54, 1.807) is 0 Å². The van der Waals surface area contributed by atoms with Gasteiger partial charge in [-0.15, -0.1) is 0 Å². The topological polar surface area (TPSA) is 70.6 Å². The summed E-state index contributed by atoms with van der Waals surface area (Å²) in [7, 11) is 0. The van der Waals surface area contributed by atoms with Crippen LogP contribution in [0.5, 0.6) is 0 Å². The van der Waals surface area contributed by atoms with Crippen molar-refractivity contribution in [2.24, 2.45) is 16.3 Å². The summed E-state index contributed by atoms with van der Waals surface area (Å²) in [4.78, 5) is 0. The smallest absolute Gasteiger partial charge is 0.144 e. The van der Waals surface area contributed by atoms with E-state index in [1.165, 1.54) is 32.1 Å². The lowest BCUT2D eigenvalue weighted by molar-refractivity contribution is 0.304. The van der Waals surface area contributed by atoms with Crippen molar-refractivity contribution >= 4 is 5.84 Å². The summed E-state index contributed by atoms with van der Waals surface area (Å²) in [6.07, 6.45) is 8.70. The van der Waals surface area contributed by atoms with Gasteiger partial charge in [0.15, 0.2) is 0 Å². The fourth-order valence-electron chi connectivity index (χ4n) is 2.39. The molecule has 0 amide bonds. The minimum atomic E-state index is -0.192. The highest BCUT2D eigenvalue weighted by atomic mass is 16.4. The van der Waals surface area contributed by atoms with Crippen LogP contribution >= 0.6 is 0 Å². The predicted octanol–water partition coefficient (Wildman–Crippen LogP) is 2.46. The van der Waals surface area contributed by atoms with Crippen LogP contribution in [0.25, 0.3) is 0 Å². The normalized spacial score (nSPS) is 18.8. The lowest BCUT2D eigenvalue weighted by Gasteiger charge is -2.22. The fourth-order valence-corrected chi connectivity index (χ4v) is 2.39. The molecule has 4 N–H and O–H groups in total. The van der Waals surface area contributed by atoms with E-state index in [0.717, 1.165) is 25.4 Å². The molecule has 17 heavy (non-hydrogen) atoms. The van der Waals surface area contributed by atoms with E-state index in [2.05, 4.69) is 10.5 Å². The van der Waals surface area contributed by atoms with Crippen molar-refractivity contribution in [3.63, 3.8) is 0 Å². The van der Waals surface area contributed by atoms with Gasteiger partial charge in [-0.2, -0.15) is 0 Å². The Balaban J connectivity index is 2.07. The number of hydrogen-bond donors (Lipinski definition) is 3. The van der Waals surface area contributed by atoms with Crippen molar-refractivity contribution in [3.05, 3.63) is 0 Å². The summed E-state index contributed by atoms with van der Waals surface area (Å²) in [5.74, 6) is 0.334. The van der Waals surface area contributed by atoms with Crippen LogP contribution in [-0.4, -0.2) is 23.6 Å². The molecule has 0 aliphatic heterocycles. The van der Waals surface area contributed by atoms with Gasteiger partial charge in [0.25, 0.3) is 0 Å². The average molecular weight is 241 g/mol. The van der Waals surface area contributed by atoms with Crippen LogP contribution in [0.4, 0.5) is 0 Å². The van der Waals surface area contributed by atoms with Gasteiger partial charge in [-0.1, -0.05) is 38.3 Å². The summed E-state index contributed by atoms with van der Waals surface area (Å²) in [6, 6.07) is 0.757.